The maximum atomic E-state index is 4.92. The van der Waals surface area contributed by atoms with Crippen molar-refractivity contribution >= 4 is 41.5 Å². The van der Waals surface area contributed by atoms with Crippen LogP contribution in [0.15, 0.2) is 115 Å². The molecule has 0 radical (unpaired) electrons. The predicted octanol–water partition coefficient (Wildman–Crippen LogP) is 7.81. The minimum absolute atomic E-state index is 0.129. The van der Waals surface area contributed by atoms with Gasteiger partial charge in [0.1, 0.15) is 0 Å². The Balaban J connectivity index is 2.05. The van der Waals surface area contributed by atoms with E-state index in [1.165, 1.54) is 22.0 Å². The van der Waals surface area contributed by atoms with Crippen LogP contribution in [0.25, 0.3) is 5.57 Å². The number of nitrogens with zero attached hydrogens (tertiary/aromatic N) is 1. The fourth-order valence-corrected chi connectivity index (χ4v) is 5.15. The van der Waals surface area contributed by atoms with Crippen molar-refractivity contribution in [2.45, 2.75) is 19.8 Å². The third-order valence-corrected chi connectivity index (χ3v) is 7.21. The van der Waals surface area contributed by atoms with E-state index < -0.39 is 0 Å². The summed E-state index contributed by atoms with van der Waals surface area (Å²) in [6.45, 7) is 12.5. The Morgan fingerprint density at radius 2 is 1.76 bits per heavy atom. The highest BCUT2D eigenvalue weighted by Gasteiger charge is 2.05. The van der Waals surface area contributed by atoms with Gasteiger partial charge in [0, 0.05) is 11.3 Å². The fourth-order valence-electron chi connectivity index (χ4n) is 3.37. The lowest BCUT2D eigenvalue weighted by Crippen LogP contribution is -2.10. The van der Waals surface area contributed by atoms with Crippen LogP contribution in [0.3, 0.4) is 0 Å². The van der Waals surface area contributed by atoms with E-state index in [1.54, 1.807) is 6.08 Å². The first-order valence-corrected chi connectivity index (χ1v) is 14.5. The van der Waals surface area contributed by atoms with Crippen molar-refractivity contribution in [2.24, 2.45) is 4.99 Å². The SMILES string of the molecule is C=C/C=C\C(=N/CS(=C)CC(=C)/C=C\C=C(/CCC)c1ccccc1)c1ccccc1PC. The minimum Gasteiger partial charge on any atom is -0.274 e. The fraction of sp³-hybridized carbons (Fsp3) is 0.200. The van der Waals surface area contributed by atoms with E-state index in [0.29, 0.717) is 5.88 Å². The van der Waals surface area contributed by atoms with Crippen molar-refractivity contribution in [2.75, 3.05) is 18.3 Å². The van der Waals surface area contributed by atoms with Gasteiger partial charge in [-0.3, -0.25) is 4.99 Å². The third kappa shape index (κ3) is 9.46. The lowest BCUT2D eigenvalue weighted by atomic mass is 10.0. The Morgan fingerprint density at radius 3 is 2.45 bits per heavy atom. The van der Waals surface area contributed by atoms with Crippen molar-refractivity contribution < 1.29 is 0 Å². The van der Waals surface area contributed by atoms with Gasteiger partial charge in [0.2, 0.25) is 0 Å². The summed E-state index contributed by atoms with van der Waals surface area (Å²) in [5.41, 5.74) is 5.92. The van der Waals surface area contributed by atoms with E-state index in [0.717, 1.165) is 38.5 Å². The summed E-state index contributed by atoms with van der Waals surface area (Å²) >= 11 is 0. The van der Waals surface area contributed by atoms with Gasteiger partial charge < -0.3 is 0 Å². The standard InChI is InChI=1S/C30H36NPS/c1-6-8-21-29(28-20-12-13-22-30(28)32-4)31-24-33(5)23-25(3)16-14-19-26(15-7-2)27-17-10-9-11-18-27/h6,8-14,16-22,32H,1,3,5,7,15,23-24H2,2,4H3/b16-14-,21-8-,26-19+,31-29+. The van der Waals surface area contributed by atoms with Gasteiger partial charge in [0.25, 0.3) is 0 Å². The molecule has 0 bridgehead atoms. The number of hydrogen-bond acceptors (Lipinski definition) is 1. The smallest absolute Gasteiger partial charge is 0.0801 e. The van der Waals surface area contributed by atoms with Crippen LogP contribution in [-0.2, 0) is 0 Å². The van der Waals surface area contributed by atoms with E-state index >= 15 is 0 Å². The molecule has 3 heteroatoms. The number of rotatable bonds is 13. The molecule has 0 aliphatic heterocycles. The lowest BCUT2D eigenvalue weighted by molar-refractivity contribution is 0.973. The molecule has 0 heterocycles. The number of allylic oxidation sites excluding steroid dienone is 7. The molecule has 2 aromatic rings. The van der Waals surface area contributed by atoms with E-state index in [9.17, 15) is 0 Å². The van der Waals surface area contributed by atoms with Crippen LogP contribution < -0.4 is 5.30 Å². The summed E-state index contributed by atoms with van der Waals surface area (Å²) in [7, 11) is 0.597. The zero-order valence-corrected chi connectivity index (χ0v) is 21.8. The van der Waals surface area contributed by atoms with Gasteiger partial charge in [-0.05, 0) is 41.2 Å². The van der Waals surface area contributed by atoms with Gasteiger partial charge in [-0.25, -0.2) is 0 Å². The van der Waals surface area contributed by atoms with Crippen LogP contribution in [-0.4, -0.2) is 29.9 Å². The molecule has 2 rings (SSSR count). The van der Waals surface area contributed by atoms with E-state index in [4.69, 9.17) is 4.99 Å². The zero-order chi connectivity index (χ0) is 23.9. The van der Waals surface area contributed by atoms with Crippen LogP contribution in [0.1, 0.15) is 30.9 Å². The maximum Gasteiger partial charge on any atom is 0.0801 e. The van der Waals surface area contributed by atoms with Crippen molar-refractivity contribution in [3.05, 3.63) is 121 Å². The van der Waals surface area contributed by atoms with Gasteiger partial charge in [0.15, 0.2) is 0 Å². The highest BCUT2D eigenvalue weighted by atomic mass is 32.2. The Labute approximate surface area is 205 Å². The second-order valence-electron chi connectivity index (χ2n) is 7.64. The molecule has 0 spiro atoms. The highest BCUT2D eigenvalue weighted by Crippen LogP contribution is 2.21. The molecule has 0 aliphatic rings. The monoisotopic (exact) mass is 473 g/mol. The molecular weight excluding hydrogens is 437 g/mol. The van der Waals surface area contributed by atoms with E-state index in [1.807, 2.05) is 12.2 Å². The van der Waals surface area contributed by atoms with Crippen LogP contribution >= 0.6 is 19.1 Å². The molecule has 0 amide bonds. The van der Waals surface area contributed by atoms with Crippen molar-refractivity contribution in [3.63, 3.8) is 0 Å². The number of benzene rings is 2. The second-order valence-corrected chi connectivity index (χ2v) is 10.5. The highest BCUT2D eigenvalue weighted by molar-refractivity contribution is 8.14. The summed E-state index contributed by atoms with van der Waals surface area (Å²) in [4.78, 5) is 4.92. The van der Waals surface area contributed by atoms with Gasteiger partial charge in [-0.1, -0.05) is 126 Å². The summed E-state index contributed by atoms with van der Waals surface area (Å²) < 4.78 is 0. The maximum absolute atomic E-state index is 4.92. The van der Waals surface area contributed by atoms with Crippen LogP contribution in [0.2, 0.25) is 0 Å². The molecule has 2 unspecified atom stereocenters. The largest absolute Gasteiger partial charge is 0.274 e. The first-order valence-electron chi connectivity index (χ1n) is 11.3. The van der Waals surface area contributed by atoms with Gasteiger partial charge in [0.05, 0.1) is 11.6 Å². The molecule has 2 aromatic carbocycles. The Kier molecular flexibility index (Phi) is 12.4. The van der Waals surface area contributed by atoms with Crippen molar-refractivity contribution in [1.29, 1.82) is 0 Å². The molecule has 1 nitrogen and oxygen atoms in total. The number of hydrogen-bond donors (Lipinski definition) is 0. The average molecular weight is 474 g/mol. The average Bonchev–Trinajstić information content (AvgIpc) is 2.84. The first kappa shape index (κ1) is 26.7. The van der Waals surface area contributed by atoms with Crippen LogP contribution in [0.4, 0.5) is 0 Å². The van der Waals surface area contributed by atoms with E-state index in [-0.39, 0.29) is 10.5 Å². The first-order chi connectivity index (χ1) is 16.1. The molecule has 0 saturated carbocycles. The summed E-state index contributed by atoms with van der Waals surface area (Å²) in [5, 5.41) is 1.33. The summed E-state index contributed by atoms with van der Waals surface area (Å²) in [6, 6.07) is 19.1. The molecule has 2 atom stereocenters. The summed E-state index contributed by atoms with van der Waals surface area (Å²) in [6.07, 6.45) is 14.4. The van der Waals surface area contributed by atoms with Crippen molar-refractivity contribution in [1.82, 2.24) is 0 Å². The lowest BCUT2D eigenvalue weighted by Gasteiger charge is -2.10. The van der Waals surface area contributed by atoms with Crippen molar-refractivity contribution in [3.8, 4) is 0 Å². The third-order valence-electron chi connectivity index (χ3n) is 4.96. The Hall–Kier alpha value is -2.54. The topological polar surface area (TPSA) is 12.4 Å². The van der Waals surface area contributed by atoms with E-state index in [2.05, 4.69) is 105 Å². The second kappa shape index (κ2) is 15.3. The molecule has 0 saturated heterocycles. The molecular formula is C30H36NPS. The molecule has 33 heavy (non-hydrogen) atoms. The number of aliphatic imine (C=N–C) groups is 1. The minimum atomic E-state index is -0.129. The van der Waals surface area contributed by atoms with Crippen LogP contribution in [0, 0.1) is 0 Å². The summed E-state index contributed by atoms with van der Waals surface area (Å²) in [5.74, 6) is 5.89. The molecule has 0 aromatic heterocycles. The normalized spacial score (nSPS) is 13.9. The molecule has 172 valence electrons. The predicted molar refractivity (Wildman–Crippen MR) is 158 cm³/mol. The van der Waals surface area contributed by atoms with Gasteiger partial charge in [-0.2, -0.15) is 10.5 Å². The quantitative estimate of drug-likeness (QED) is 0.122. The van der Waals surface area contributed by atoms with Crippen LogP contribution in [0.5, 0.6) is 0 Å². The van der Waals surface area contributed by atoms with Gasteiger partial charge in [-0.15, -0.1) is 0 Å². The Bertz CT molecular complexity index is 1060. The zero-order valence-electron chi connectivity index (χ0n) is 20.0. The molecule has 0 N–H and O–H groups in total. The molecule has 0 aliphatic carbocycles. The Morgan fingerprint density at radius 1 is 1.03 bits per heavy atom. The molecule has 0 fully saturated rings. The van der Waals surface area contributed by atoms with Gasteiger partial charge >= 0.3 is 0 Å².